The van der Waals surface area contributed by atoms with Gasteiger partial charge in [0.15, 0.2) is 0 Å². The minimum Gasteiger partial charge on any atom is -0.490 e. The zero-order valence-corrected chi connectivity index (χ0v) is 19.0. The molecule has 0 spiro atoms. The van der Waals surface area contributed by atoms with E-state index in [0.29, 0.717) is 19.7 Å². The molecule has 0 aromatic heterocycles. The average Bonchev–Trinajstić information content (AvgIpc) is 2.69. The minimum absolute atomic E-state index is 0.00111. The molecule has 1 saturated carbocycles. The first-order chi connectivity index (χ1) is 14.7. The predicted molar refractivity (Wildman–Crippen MR) is 116 cm³/mol. The monoisotopic (exact) mass is 434 g/mol. The van der Waals surface area contributed by atoms with Crippen LogP contribution in [0.2, 0.25) is 0 Å². The SMILES string of the molecule is CCOC(=O)COC1CC(Oc2ccc(N3CCN(C(=O)OC(C)(C)C)CC3)cc2)C1. The molecule has 2 fully saturated rings. The van der Waals surface area contributed by atoms with Crippen molar-refractivity contribution < 1.29 is 28.5 Å². The summed E-state index contributed by atoms with van der Waals surface area (Å²) in [5, 5.41) is 0. The van der Waals surface area contributed by atoms with Gasteiger partial charge in [-0.3, -0.25) is 0 Å². The molecule has 1 amide bonds. The summed E-state index contributed by atoms with van der Waals surface area (Å²) in [6.07, 6.45) is 1.45. The molecule has 1 aliphatic heterocycles. The number of hydrogen-bond acceptors (Lipinski definition) is 7. The first kappa shape index (κ1) is 23.2. The fourth-order valence-corrected chi connectivity index (χ4v) is 3.54. The molecule has 3 rings (SSSR count). The number of nitrogens with zero attached hydrogens (tertiary/aromatic N) is 2. The molecule has 1 aromatic rings. The van der Waals surface area contributed by atoms with Gasteiger partial charge in [-0.15, -0.1) is 0 Å². The molecule has 0 N–H and O–H groups in total. The van der Waals surface area contributed by atoms with Crippen molar-refractivity contribution >= 4 is 17.7 Å². The number of piperazine rings is 1. The normalized spacial score (nSPS) is 21.3. The van der Waals surface area contributed by atoms with E-state index in [1.54, 1.807) is 11.8 Å². The predicted octanol–water partition coefficient (Wildman–Crippen LogP) is 3.23. The molecule has 0 unspecified atom stereocenters. The summed E-state index contributed by atoms with van der Waals surface area (Å²) in [6.45, 7) is 10.6. The Bertz CT molecular complexity index is 731. The van der Waals surface area contributed by atoms with Crippen LogP contribution < -0.4 is 9.64 Å². The molecule has 8 heteroatoms. The van der Waals surface area contributed by atoms with E-state index in [0.717, 1.165) is 37.4 Å². The lowest BCUT2D eigenvalue weighted by atomic mass is 9.92. The van der Waals surface area contributed by atoms with Gasteiger partial charge < -0.3 is 28.7 Å². The molecule has 0 atom stereocenters. The van der Waals surface area contributed by atoms with Gasteiger partial charge in [0.25, 0.3) is 0 Å². The van der Waals surface area contributed by atoms with Crippen LogP contribution in [0.4, 0.5) is 10.5 Å². The third kappa shape index (κ3) is 7.02. The van der Waals surface area contributed by atoms with Crippen LogP contribution in [-0.4, -0.2) is 74.2 Å². The lowest BCUT2D eigenvalue weighted by Crippen LogP contribution is -2.50. The molecule has 172 valence electrons. The molecule has 1 saturated heterocycles. The second kappa shape index (κ2) is 10.2. The lowest BCUT2D eigenvalue weighted by Gasteiger charge is -2.37. The van der Waals surface area contributed by atoms with Crippen LogP contribution in [0.3, 0.4) is 0 Å². The Kier molecular flexibility index (Phi) is 7.64. The molecule has 1 aromatic carbocycles. The minimum atomic E-state index is -0.475. The number of benzene rings is 1. The van der Waals surface area contributed by atoms with Crippen molar-refractivity contribution in [1.82, 2.24) is 4.90 Å². The molecule has 2 aliphatic rings. The highest BCUT2D eigenvalue weighted by Gasteiger charge is 2.32. The van der Waals surface area contributed by atoms with E-state index >= 15 is 0 Å². The van der Waals surface area contributed by atoms with Crippen molar-refractivity contribution in [2.45, 2.75) is 58.3 Å². The van der Waals surface area contributed by atoms with Gasteiger partial charge in [0.05, 0.1) is 12.7 Å². The van der Waals surface area contributed by atoms with E-state index in [9.17, 15) is 9.59 Å². The Morgan fingerprint density at radius 1 is 1.00 bits per heavy atom. The van der Waals surface area contributed by atoms with Gasteiger partial charge in [-0.1, -0.05) is 0 Å². The molecular weight excluding hydrogens is 400 g/mol. The second-order valence-electron chi connectivity index (χ2n) is 8.90. The van der Waals surface area contributed by atoms with Crippen LogP contribution in [0, 0.1) is 0 Å². The van der Waals surface area contributed by atoms with Crippen LogP contribution in [0.5, 0.6) is 5.75 Å². The fourth-order valence-electron chi connectivity index (χ4n) is 3.54. The van der Waals surface area contributed by atoms with Gasteiger partial charge in [-0.25, -0.2) is 9.59 Å². The van der Waals surface area contributed by atoms with E-state index in [4.69, 9.17) is 18.9 Å². The smallest absolute Gasteiger partial charge is 0.410 e. The van der Waals surface area contributed by atoms with Gasteiger partial charge >= 0.3 is 12.1 Å². The molecule has 0 bridgehead atoms. The fraction of sp³-hybridized carbons (Fsp3) is 0.652. The number of esters is 1. The number of anilines is 1. The van der Waals surface area contributed by atoms with Crippen LogP contribution in [0.1, 0.15) is 40.5 Å². The van der Waals surface area contributed by atoms with Gasteiger partial charge in [-0.05, 0) is 52.0 Å². The number of carbonyl (C=O) groups excluding carboxylic acids is 2. The molecule has 1 aliphatic carbocycles. The molecular formula is C23H34N2O6. The number of carbonyl (C=O) groups is 2. The summed E-state index contributed by atoms with van der Waals surface area (Å²) in [4.78, 5) is 27.5. The number of amides is 1. The molecule has 8 nitrogen and oxygen atoms in total. The van der Waals surface area contributed by atoms with Crippen LogP contribution in [0.25, 0.3) is 0 Å². The maximum Gasteiger partial charge on any atom is 0.410 e. The first-order valence-electron chi connectivity index (χ1n) is 11.0. The quantitative estimate of drug-likeness (QED) is 0.610. The maximum absolute atomic E-state index is 12.2. The van der Waals surface area contributed by atoms with Crippen molar-refractivity contribution in [2.24, 2.45) is 0 Å². The van der Waals surface area contributed by atoms with Gasteiger partial charge in [0.2, 0.25) is 0 Å². The zero-order valence-electron chi connectivity index (χ0n) is 19.0. The second-order valence-corrected chi connectivity index (χ2v) is 8.90. The number of ether oxygens (including phenoxy) is 4. The van der Waals surface area contributed by atoms with Gasteiger partial charge in [0.1, 0.15) is 24.1 Å². The van der Waals surface area contributed by atoms with Crippen LogP contribution in [-0.2, 0) is 19.0 Å². The number of hydrogen-bond donors (Lipinski definition) is 0. The lowest BCUT2D eigenvalue weighted by molar-refractivity contribution is -0.154. The largest absolute Gasteiger partial charge is 0.490 e. The van der Waals surface area contributed by atoms with E-state index in [2.05, 4.69) is 4.90 Å². The standard InChI is InChI=1S/C23H34N2O6/c1-5-28-21(26)16-29-19-14-20(15-19)30-18-8-6-17(7-9-18)24-10-12-25(13-11-24)22(27)31-23(2,3)4/h6-9,19-20H,5,10-16H2,1-4H3. The molecule has 1 heterocycles. The Balaban J connectivity index is 1.38. The van der Waals surface area contributed by atoms with E-state index in [1.807, 2.05) is 45.0 Å². The number of rotatable bonds is 7. The Morgan fingerprint density at radius 3 is 2.23 bits per heavy atom. The summed E-state index contributed by atoms with van der Waals surface area (Å²) in [5.41, 5.74) is 0.637. The summed E-state index contributed by atoms with van der Waals surface area (Å²) < 4.78 is 21.8. The van der Waals surface area contributed by atoms with Crippen molar-refractivity contribution in [3.8, 4) is 5.75 Å². The third-order valence-corrected chi connectivity index (χ3v) is 5.23. The average molecular weight is 435 g/mol. The summed E-state index contributed by atoms with van der Waals surface area (Å²) in [7, 11) is 0. The Labute approximate surface area is 184 Å². The van der Waals surface area contributed by atoms with E-state index in [1.165, 1.54) is 0 Å². The van der Waals surface area contributed by atoms with Crippen molar-refractivity contribution in [3.05, 3.63) is 24.3 Å². The molecule has 0 radical (unpaired) electrons. The zero-order chi connectivity index (χ0) is 22.4. The third-order valence-electron chi connectivity index (χ3n) is 5.23. The van der Waals surface area contributed by atoms with Crippen molar-refractivity contribution in [1.29, 1.82) is 0 Å². The topological polar surface area (TPSA) is 77.5 Å². The molecule has 31 heavy (non-hydrogen) atoms. The van der Waals surface area contributed by atoms with E-state index < -0.39 is 5.60 Å². The highest BCUT2D eigenvalue weighted by atomic mass is 16.6. The van der Waals surface area contributed by atoms with E-state index in [-0.39, 0.29) is 30.9 Å². The Morgan fingerprint density at radius 2 is 1.65 bits per heavy atom. The van der Waals surface area contributed by atoms with Gasteiger partial charge in [0, 0.05) is 44.7 Å². The summed E-state index contributed by atoms with van der Waals surface area (Å²) >= 11 is 0. The summed E-state index contributed by atoms with van der Waals surface area (Å²) in [6, 6.07) is 8.04. The highest BCUT2D eigenvalue weighted by Crippen LogP contribution is 2.29. The first-order valence-corrected chi connectivity index (χ1v) is 11.0. The van der Waals surface area contributed by atoms with Crippen LogP contribution >= 0.6 is 0 Å². The van der Waals surface area contributed by atoms with Crippen molar-refractivity contribution in [3.63, 3.8) is 0 Å². The highest BCUT2D eigenvalue weighted by molar-refractivity contribution is 5.70. The Hall–Kier alpha value is -2.48. The van der Waals surface area contributed by atoms with Crippen LogP contribution in [0.15, 0.2) is 24.3 Å². The summed E-state index contributed by atoms with van der Waals surface area (Å²) in [5.74, 6) is 0.499. The maximum atomic E-state index is 12.2. The van der Waals surface area contributed by atoms with Crippen molar-refractivity contribution in [2.75, 3.05) is 44.3 Å². The van der Waals surface area contributed by atoms with Gasteiger partial charge in [-0.2, -0.15) is 0 Å².